The van der Waals surface area contributed by atoms with E-state index < -0.39 is 65.1 Å². The molecule has 2 aromatic rings. The number of carbonyl (C=O) groups excluding carboxylic acids is 6. The lowest BCUT2D eigenvalue weighted by Crippen LogP contribution is -2.60. The fourth-order valence-corrected chi connectivity index (χ4v) is 7.37. The first-order valence-corrected chi connectivity index (χ1v) is 23.2. The summed E-state index contributed by atoms with van der Waals surface area (Å²) in [5, 5.41) is 32.1. The number of benzene rings is 2. The number of nitrogens with zero attached hydrogens (tertiary/aromatic N) is 2. The van der Waals surface area contributed by atoms with Gasteiger partial charge in [0, 0.05) is 32.1 Å². The Morgan fingerprint density at radius 2 is 1.33 bits per heavy atom. The topological polar surface area (TPSA) is 245 Å². The number of ether oxygens (including phenoxy) is 1. The zero-order valence-corrected chi connectivity index (χ0v) is 40.4. The number of allylic oxidation sites excluding steroid dienone is 1. The summed E-state index contributed by atoms with van der Waals surface area (Å²) >= 11 is 0. The predicted octanol–water partition coefficient (Wildman–Crippen LogP) is 4.57. The van der Waals surface area contributed by atoms with Crippen molar-refractivity contribution in [3.63, 3.8) is 0 Å². The van der Waals surface area contributed by atoms with E-state index in [1.165, 1.54) is 6.92 Å². The highest BCUT2D eigenvalue weighted by molar-refractivity contribution is 6.29. The van der Waals surface area contributed by atoms with Crippen LogP contribution in [0.2, 0.25) is 0 Å². The number of ketones is 1. The van der Waals surface area contributed by atoms with Crippen LogP contribution in [0.5, 0.6) is 0 Å². The van der Waals surface area contributed by atoms with Gasteiger partial charge < -0.3 is 42.4 Å². The van der Waals surface area contributed by atoms with Crippen molar-refractivity contribution in [1.82, 2.24) is 26.2 Å². The summed E-state index contributed by atoms with van der Waals surface area (Å²) in [6, 6.07) is 14.2. The standard InChI is InChI=1S/C50H76N8O8/c1-9-36(10-2)32-58(26-27-59)33-44(60)53-40(24-22-37-18-14-12-15-19-37)47(63)55-42(29-35(6)7)48(64)56-43(30-38-20-16-13-17-21-38)49(65)54-41(28-34(4)5)46(62)50(8,11-3)66-45(61)25-23-39(31-51)57-52/h9,12-21,31,34-35,40-43,51,59H,10-11,22-30,32-33,52H2,1-8H3,(H,53,60)(H,54,65)(H,55,63)(H,56,64)/b36-9-,51-31?,57-39?/t40-,41-,42-,43-,50?/m0/s1. The highest BCUT2D eigenvalue weighted by Crippen LogP contribution is 2.23. The molecule has 2 rings (SSSR count). The molecule has 0 saturated carbocycles. The van der Waals surface area contributed by atoms with Crippen LogP contribution in [0.3, 0.4) is 0 Å². The van der Waals surface area contributed by atoms with Gasteiger partial charge in [-0.15, -0.1) is 0 Å². The summed E-state index contributed by atoms with van der Waals surface area (Å²) in [6.07, 6.45) is 4.83. The van der Waals surface area contributed by atoms with Gasteiger partial charge in [-0.2, -0.15) is 5.10 Å². The molecular weight excluding hydrogens is 841 g/mol. The molecule has 5 atom stereocenters. The number of esters is 1. The fraction of sp³-hybridized carbons (Fsp3) is 0.560. The number of hydrogen-bond acceptors (Lipinski definition) is 12. The molecule has 0 fully saturated rings. The third-order valence-electron chi connectivity index (χ3n) is 11.3. The molecule has 0 bridgehead atoms. The van der Waals surface area contributed by atoms with Crippen molar-refractivity contribution in [3.8, 4) is 0 Å². The lowest BCUT2D eigenvalue weighted by Gasteiger charge is -2.33. The zero-order valence-electron chi connectivity index (χ0n) is 40.4. The average Bonchev–Trinajstić information content (AvgIpc) is 3.29. The maximum absolute atomic E-state index is 14.4. The molecule has 0 saturated heterocycles. The number of rotatable bonds is 31. The van der Waals surface area contributed by atoms with Gasteiger partial charge in [0.15, 0.2) is 11.4 Å². The van der Waals surface area contributed by atoms with E-state index in [0.717, 1.165) is 29.3 Å². The Hall–Kier alpha value is -5.74. The molecule has 0 spiro atoms. The van der Waals surface area contributed by atoms with E-state index in [0.29, 0.717) is 13.0 Å². The van der Waals surface area contributed by atoms with Crippen LogP contribution >= 0.6 is 0 Å². The first-order valence-electron chi connectivity index (χ1n) is 23.2. The van der Waals surface area contributed by atoms with Crippen LogP contribution in [0.25, 0.3) is 0 Å². The van der Waals surface area contributed by atoms with Crippen molar-refractivity contribution < 1.29 is 38.6 Å². The Labute approximate surface area is 391 Å². The lowest BCUT2D eigenvalue weighted by molar-refractivity contribution is -0.167. The number of aryl methyl sites for hydroxylation is 1. The Morgan fingerprint density at radius 1 is 0.788 bits per heavy atom. The summed E-state index contributed by atoms with van der Waals surface area (Å²) < 4.78 is 5.74. The number of Topliss-reactive ketones (excluding diaryl/α,β-unsaturated/α-hetero) is 1. The second-order valence-corrected chi connectivity index (χ2v) is 17.7. The maximum atomic E-state index is 14.4. The second kappa shape index (κ2) is 29.7. The van der Waals surface area contributed by atoms with Crippen LogP contribution in [-0.4, -0.2) is 113 Å². The van der Waals surface area contributed by atoms with E-state index in [9.17, 15) is 33.9 Å². The second-order valence-electron chi connectivity index (χ2n) is 17.7. The molecule has 66 heavy (non-hydrogen) atoms. The van der Waals surface area contributed by atoms with Gasteiger partial charge in [-0.05, 0) is 75.3 Å². The van der Waals surface area contributed by atoms with Gasteiger partial charge in [-0.1, -0.05) is 114 Å². The van der Waals surface area contributed by atoms with E-state index >= 15 is 0 Å². The average molecular weight is 917 g/mol. The Morgan fingerprint density at radius 3 is 1.86 bits per heavy atom. The molecule has 2 aromatic carbocycles. The van der Waals surface area contributed by atoms with E-state index in [1.54, 1.807) is 19.1 Å². The van der Waals surface area contributed by atoms with Gasteiger partial charge in [-0.3, -0.25) is 33.7 Å². The molecule has 16 heteroatoms. The number of nitrogens with one attached hydrogen (secondary N) is 5. The first-order chi connectivity index (χ1) is 31.4. The van der Waals surface area contributed by atoms with Gasteiger partial charge in [0.1, 0.15) is 18.1 Å². The summed E-state index contributed by atoms with van der Waals surface area (Å²) in [5.74, 6) is 1.66. The molecule has 0 aromatic heterocycles. The number of aliphatic hydroxyl groups excluding tert-OH is 1. The van der Waals surface area contributed by atoms with Gasteiger partial charge in [-0.25, -0.2) is 0 Å². The highest BCUT2D eigenvalue weighted by atomic mass is 16.6. The van der Waals surface area contributed by atoms with Crippen LogP contribution in [0.1, 0.15) is 111 Å². The van der Waals surface area contributed by atoms with Crippen LogP contribution < -0.4 is 27.1 Å². The number of aliphatic hydroxyl groups is 1. The van der Waals surface area contributed by atoms with Gasteiger partial charge in [0.25, 0.3) is 0 Å². The Balaban J connectivity index is 2.45. The van der Waals surface area contributed by atoms with Crippen molar-refractivity contribution in [2.45, 2.75) is 143 Å². The molecule has 0 aliphatic heterocycles. The van der Waals surface area contributed by atoms with E-state index in [2.05, 4.69) is 26.4 Å². The van der Waals surface area contributed by atoms with Crippen LogP contribution in [0, 0.1) is 17.2 Å². The first kappa shape index (κ1) is 56.4. The minimum atomic E-state index is -1.62. The molecule has 0 heterocycles. The SMILES string of the molecule is C/C=C(/CC)CN(CCO)CC(=O)N[C@@H](CCc1ccccc1)C(=O)N[C@@H](CC(C)C)C(=O)N[C@@H](Cc1ccccc1)C(=O)N[C@@H](CC(C)C)C(=O)C(C)(CC)OC(=O)CCC(C=N)=NN. The number of hydrogen-bond donors (Lipinski definition) is 7. The van der Waals surface area contributed by atoms with Crippen molar-refractivity contribution in [3.05, 3.63) is 83.4 Å². The molecule has 16 nitrogen and oxygen atoms in total. The molecule has 4 amide bonds. The van der Waals surface area contributed by atoms with E-state index in [4.69, 9.17) is 16.0 Å². The minimum Gasteiger partial charge on any atom is -0.451 e. The molecular formula is C50H76N8O8. The molecule has 0 radical (unpaired) electrons. The zero-order chi connectivity index (χ0) is 49.2. The van der Waals surface area contributed by atoms with Gasteiger partial charge in [0.05, 0.1) is 31.3 Å². The molecule has 8 N–H and O–H groups in total. The molecule has 0 aliphatic rings. The number of nitrogens with two attached hydrogens (primary N) is 1. The Bertz CT molecular complexity index is 1920. The van der Waals surface area contributed by atoms with Crippen molar-refractivity contribution >= 4 is 47.3 Å². The lowest BCUT2D eigenvalue weighted by atomic mass is 9.87. The third-order valence-corrected chi connectivity index (χ3v) is 11.3. The number of carbonyl (C=O) groups is 6. The molecule has 1 unspecified atom stereocenters. The summed E-state index contributed by atoms with van der Waals surface area (Å²) in [6.45, 7) is 15.3. The van der Waals surface area contributed by atoms with Crippen LogP contribution in [-0.2, 0) is 46.3 Å². The van der Waals surface area contributed by atoms with Gasteiger partial charge >= 0.3 is 5.97 Å². The molecule has 0 aliphatic carbocycles. The van der Waals surface area contributed by atoms with Crippen molar-refractivity contribution in [1.29, 1.82) is 5.41 Å². The summed E-state index contributed by atoms with van der Waals surface area (Å²) in [5.41, 5.74) is 1.35. The quantitative estimate of drug-likeness (QED) is 0.0183. The predicted molar refractivity (Wildman–Crippen MR) is 259 cm³/mol. The Kier molecular flexibility index (Phi) is 25.4. The summed E-state index contributed by atoms with van der Waals surface area (Å²) in [7, 11) is 0. The van der Waals surface area contributed by atoms with Crippen LogP contribution in [0.15, 0.2) is 77.4 Å². The number of hydrazone groups is 1. The normalized spacial score (nSPS) is 14.7. The van der Waals surface area contributed by atoms with Crippen LogP contribution in [0.4, 0.5) is 0 Å². The smallest absolute Gasteiger partial charge is 0.307 e. The monoisotopic (exact) mass is 917 g/mol. The minimum absolute atomic E-state index is 0.0438. The van der Waals surface area contributed by atoms with E-state index in [1.807, 2.05) is 101 Å². The van der Waals surface area contributed by atoms with Crippen molar-refractivity contribution in [2.24, 2.45) is 22.8 Å². The van der Waals surface area contributed by atoms with Crippen molar-refractivity contribution in [2.75, 3.05) is 26.2 Å². The maximum Gasteiger partial charge on any atom is 0.307 e. The fourth-order valence-electron chi connectivity index (χ4n) is 7.37. The highest BCUT2D eigenvalue weighted by Gasteiger charge is 2.42. The van der Waals surface area contributed by atoms with Gasteiger partial charge in [0.2, 0.25) is 23.6 Å². The number of amides is 4. The largest absolute Gasteiger partial charge is 0.451 e. The third kappa shape index (κ3) is 20.2. The molecule has 364 valence electrons. The van der Waals surface area contributed by atoms with E-state index in [-0.39, 0.29) is 82.2 Å². The summed E-state index contributed by atoms with van der Waals surface area (Å²) in [4.78, 5) is 85.8.